The summed E-state index contributed by atoms with van der Waals surface area (Å²) in [6, 6.07) is 14.2. The standard InChI is InChI=1S/C23H26N4O4/c1-30-20-11-10-15(13-21(20)31-2)18-9-6-12-26(18)23(29)17-14-19(22(24)28)27(25-17)16-7-4-3-5-8-16/h3-5,7-8,10-11,13,18-19H,6,9,12,14H2,1-2H3,(H2,24,28)/t18-,19+/m1/s1. The van der Waals surface area contributed by atoms with Crippen LogP contribution in [0.2, 0.25) is 0 Å². The molecule has 2 atom stereocenters. The van der Waals surface area contributed by atoms with Crippen LogP contribution >= 0.6 is 0 Å². The average Bonchev–Trinajstić information content (AvgIpc) is 3.46. The number of hydrogen-bond donors (Lipinski definition) is 1. The molecule has 2 aromatic rings. The Balaban J connectivity index is 1.60. The molecule has 2 amide bonds. The number of benzene rings is 2. The van der Waals surface area contributed by atoms with Gasteiger partial charge in [0.1, 0.15) is 11.8 Å². The number of amides is 2. The second-order valence-electron chi connectivity index (χ2n) is 7.62. The lowest BCUT2D eigenvalue weighted by atomic mass is 10.0. The van der Waals surface area contributed by atoms with Crippen LogP contribution in [0.25, 0.3) is 0 Å². The molecule has 0 radical (unpaired) electrons. The lowest BCUT2D eigenvalue weighted by Crippen LogP contribution is -2.40. The topological polar surface area (TPSA) is 97.5 Å². The SMILES string of the molecule is COc1ccc([C@H]2CCCN2C(=O)C2=NN(c3ccccc3)[C@H](C(N)=O)C2)cc1OC. The van der Waals surface area contributed by atoms with Crippen molar-refractivity contribution in [2.24, 2.45) is 10.8 Å². The van der Waals surface area contributed by atoms with E-state index in [9.17, 15) is 9.59 Å². The molecular weight excluding hydrogens is 396 g/mol. The zero-order valence-electron chi connectivity index (χ0n) is 17.7. The summed E-state index contributed by atoms with van der Waals surface area (Å²) < 4.78 is 10.7. The summed E-state index contributed by atoms with van der Waals surface area (Å²) in [5, 5.41) is 6.06. The number of hydrogen-bond acceptors (Lipinski definition) is 6. The number of nitrogens with two attached hydrogens (primary N) is 1. The Labute approximate surface area is 181 Å². The maximum atomic E-state index is 13.4. The Bertz CT molecular complexity index is 1010. The van der Waals surface area contributed by atoms with Gasteiger partial charge in [0.15, 0.2) is 11.5 Å². The molecule has 1 fully saturated rings. The van der Waals surface area contributed by atoms with Gasteiger partial charge in [-0.2, -0.15) is 5.10 Å². The maximum Gasteiger partial charge on any atom is 0.270 e. The van der Waals surface area contributed by atoms with Gasteiger partial charge in [0, 0.05) is 13.0 Å². The first-order valence-corrected chi connectivity index (χ1v) is 10.3. The van der Waals surface area contributed by atoms with E-state index in [4.69, 9.17) is 15.2 Å². The van der Waals surface area contributed by atoms with Crippen molar-refractivity contribution in [2.75, 3.05) is 25.8 Å². The molecular formula is C23H26N4O4. The first-order chi connectivity index (χ1) is 15.0. The highest BCUT2D eigenvalue weighted by atomic mass is 16.5. The molecule has 8 heteroatoms. The summed E-state index contributed by atoms with van der Waals surface area (Å²) in [6.45, 7) is 0.628. The van der Waals surface area contributed by atoms with Crippen molar-refractivity contribution < 1.29 is 19.1 Å². The van der Waals surface area contributed by atoms with Crippen LogP contribution in [0.4, 0.5) is 5.69 Å². The second-order valence-corrected chi connectivity index (χ2v) is 7.62. The fourth-order valence-electron chi connectivity index (χ4n) is 4.26. The zero-order chi connectivity index (χ0) is 22.0. The Morgan fingerprint density at radius 2 is 1.81 bits per heavy atom. The average molecular weight is 422 g/mol. The molecule has 2 heterocycles. The number of carbonyl (C=O) groups excluding carboxylic acids is 2. The molecule has 0 bridgehead atoms. The monoisotopic (exact) mass is 422 g/mol. The molecule has 2 aliphatic heterocycles. The number of methoxy groups -OCH3 is 2. The van der Waals surface area contributed by atoms with Crippen molar-refractivity contribution in [3.8, 4) is 11.5 Å². The number of para-hydroxylation sites is 1. The van der Waals surface area contributed by atoms with E-state index in [1.807, 2.05) is 53.4 Å². The third-order valence-electron chi connectivity index (χ3n) is 5.81. The minimum atomic E-state index is -0.677. The van der Waals surface area contributed by atoms with Gasteiger partial charge in [0.2, 0.25) is 5.91 Å². The van der Waals surface area contributed by atoms with E-state index >= 15 is 0 Å². The molecule has 2 N–H and O–H groups in total. The predicted octanol–water partition coefficient (Wildman–Crippen LogP) is 2.49. The molecule has 4 rings (SSSR count). The number of likely N-dealkylation sites (tertiary alicyclic amines) is 1. The highest BCUT2D eigenvalue weighted by Crippen LogP contribution is 2.37. The van der Waals surface area contributed by atoms with Crippen LogP contribution in [0.5, 0.6) is 11.5 Å². The van der Waals surface area contributed by atoms with Gasteiger partial charge in [-0.25, -0.2) is 0 Å². The fraction of sp³-hybridized carbons (Fsp3) is 0.348. The normalized spacial score (nSPS) is 20.5. The van der Waals surface area contributed by atoms with Crippen molar-refractivity contribution in [3.63, 3.8) is 0 Å². The van der Waals surface area contributed by atoms with Gasteiger partial charge in [-0.05, 0) is 42.7 Å². The van der Waals surface area contributed by atoms with Gasteiger partial charge in [-0.3, -0.25) is 14.6 Å². The molecule has 0 aromatic heterocycles. The van der Waals surface area contributed by atoms with Gasteiger partial charge in [-0.1, -0.05) is 24.3 Å². The van der Waals surface area contributed by atoms with Crippen LogP contribution in [0.3, 0.4) is 0 Å². The van der Waals surface area contributed by atoms with E-state index in [1.54, 1.807) is 19.2 Å². The largest absolute Gasteiger partial charge is 0.493 e. The molecule has 0 saturated carbocycles. The number of hydrazone groups is 1. The lowest BCUT2D eigenvalue weighted by molar-refractivity contribution is -0.125. The summed E-state index contributed by atoms with van der Waals surface area (Å²) in [5.74, 6) is 0.599. The number of primary amides is 1. The Hall–Kier alpha value is -3.55. The molecule has 8 nitrogen and oxygen atoms in total. The first-order valence-electron chi connectivity index (χ1n) is 10.3. The van der Waals surface area contributed by atoms with Crippen LogP contribution in [0.1, 0.15) is 30.9 Å². The van der Waals surface area contributed by atoms with Crippen molar-refractivity contribution in [1.82, 2.24) is 4.90 Å². The van der Waals surface area contributed by atoms with Crippen molar-refractivity contribution in [2.45, 2.75) is 31.3 Å². The Kier molecular flexibility index (Phi) is 5.79. The smallest absolute Gasteiger partial charge is 0.270 e. The van der Waals surface area contributed by atoms with E-state index in [2.05, 4.69) is 5.10 Å². The van der Waals surface area contributed by atoms with Gasteiger partial charge >= 0.3 is 0 Å². The van der Waals surface area contributed by atoms with Gasteiger partial charge in [0.05, 0.1) is 25.9 Å². The van der Waals surface area contributed by atoms with Crippen molar-refractivity contribution >= 4 is 23.2 Å². The summed E-state index contributed by atoms with van der Waals surface area (Å²) in [4.78, 5) is 27.3. The summed E-state index contributed by atoms with van der Waals surface area (Å²) >= 11 is 0. The molecule has 1 saturated heterocycles. The Morgan fingerprint density at radius 3 is 2.48 bits per heavy atom. The first kappa shape index (κ1) is 20.7. The van der Waals surface area contributed by atoms with Crippen LogP contribution in [-0.4, -0.2) is 49.2 Å². The highest BCUT2D eigenvalue weighted by Gasteiger charge is 2.39. The minimum Gasteiger partial charge on any atom is -0.493 e. The minimum absolute atomic E-state index is 0.0900. The van der Waals surface area contributed by atoms with E-state index in [-0.39, 0.29) is 18.4 Å². The van der Waals surface area contributed by atoms with Gasteiger partial charge in [-0.15, -0.1) is 0 Å². The Morgan fingerprint density at radius 1 is 1.06 bits per heavy atom. The van der Waals surface area contributed by atoms with E-state index in [0.717, 1.165) is 24.1 Å². The number of rotatable bonds is 6. The van der Waals surface area contributed by atoms with Crippen molar-refractivity contribution in [1.29, 1.82) is 0 Å². The number of ether oxygens (including phenoxy) is 2. The third kappa shape index (κ3) is 3.93. The number of carbonyl (C=O) groups is 2. The predicted molar refractivity (Wildman–Crippen MR) is 117 cm³/mol. The van der Waals surface area contributed by atoms with E-state index in [0.29, 0.717) is 23.8 Å². The zero-order valence-corrected chi connectivity index (χ0v) is 17.7. The van der Waals surface area contributed by atoms with Crippen molar-refractivity contribution in [3.05, 3.63) is 54.1 Å². The lowest BCUT2D eigenvalue weighted by Gasteiger charge is -2.25. The van der Waals surface area contributed by atoms with Crippen LogP contribution in [-0.2, 0) is 9.59 Å². The molecule has 0 unspecified atom stereocenters. The molecule has 31 heavy (non-hydrogen) atoms. The summed E-state index contributed by atoms with van der Waals surface area (Å²) in [5.41, 5.74) is 7.67. The summed E-state index contributed by atoms with van der Waals surface area (Å²) in [6.07, 6.45) is 1.92. The number of nitrogens with zero attached hydrogens (tertiary/aromatic N) is 3. The fourth-order valence-corrected chi connectivity index (χ4v) is 4.26. The van der Waals surface area contributed by atoms with Crippen LogP contribution in [0, 0.1) is 0 Å². The van der Waals surface area contributed by atoms with Gasteiger partial charge in [0.25, 0.3) is 5.91 Å². The molecule has 0 aliphatic carbocycles. The van der Waals surface area contributed by atoms with Gasteiger partial charge < -0.3 is 20.1 Å². The third-order valence-corrected chi connectivity index (χ3v) is 5.81. The molecule has 0 spiro atoms. The highest BCUT2D eigenvalue weighted by molar-refractivity contribution is 6.40. The quantitative estimate of drug-likeness (QED) is 0.771. The van der Waals surface area contributed by atoms with E-state index < -0.39 is 11.9 Å². The molecule has 2 aromatic carbocycles. The number of anilines is 1. The van der Waals surface area contributed by atoms with E-state index in [1.165, 1.54) is 0 Å². The molecule has 162 valence electrons. The summed E-state index contributed by atoms with van der Waals surface area (Å²) in [7, 11) is 3.18. The second kappa shape index (κ2) is 8.67. The molecule has 2 aliphatic rings. The van der Waals surface area contributed by atoms with Crippen LogP contribution in [0.15, 0.2) is 53.6 Å². The maximum absolute atomic E-state index is 13.4. The van der Waals surface area contributed by atoms with Crippen LogP contribution < -0.4 is 20.2 Å².